The Morgan fingerprint density at radius 2 is 1.59 bits per heavy atom. The van der Waals surface area contributed by atoms with Gasteiger partial charge in [-0.1, -0.05) is 11.6 Å². The predicted molar refractivity (Wildman–Crippen MR) is 85.5 cm³/mol. The number of rotatable bonds is 5. The third-order valence-electron chi connectivity index (χ3n) is 3.02. The van der Waals surface area contributed by atoms with E-state index in [1.165, 1.54) is 21.3 Å². The molecular formula is C16H16ClNO4. The van der Waals surface area contributed by atoms with Crippen molar-refractivity contribution < 1.29 is 19.0 Å². The lowest BCUT2D eigenvalue weighted by molar-refractivity contribution is 0.102. The molecule has 22 heavy (non-hydrogen) atoms. The third-order valence-corrected chi connectivity index (χ3v) is 3.32. The smallest absolute Gasteiger partial charge is 0.255 e. The zero-order valence-corrected chi connectivity index (χ0v) is 13.2. The molecule has 1 amide bonds. The Bertz CT molecular complexity index is 666. The van der Waals surface area contributed by atoms with E-state index in [0.29, 0.717) is 33.5 Å². The summed E-state index contributed by atoms with van der Waals surface area (Å²) < 4.78 is 15.4. The summed E-state index contributed by atoms with van der Waals surface area (Å²) in [5.41, 5.74) is 0.987. The van der Waals surface area contributed by atoms with Crippen LogP contribution in [0.4, 0.5) is 5.69 Å². The van der Waals surface area contributed by atoms with E-state index in [1.807, 2.05) is 0 Å². The number of ether oxygens (including phenoxy) is 3. The van der Waals surface area contributed by atoms with Crippen LogP contribution in [0.3, 0.4) is 0 Å². The van der Waals surface area contributed by atoms with Crippen LogP contribution in [0.5, 0.6) is 17.2 Å². The number of hydrogen-bond acceptors (Lipinski definition) is 4. The lowest BCUT2D eigenvalue weighted by atomic mass is 10.1. The summed E-state index contributed by atoms with van der Waals surface area (Å²) in [5, 5.41) is 3.18. The van der Waals surface area contributed by atoms with Gasteiger partial charge < -0.3 is 19.5 Å². The van der Waals surface area contributed by atoms with Gasteiger partial charge in [-0.25, -0.2) is 0 Å². The Hall–Kier alpha value is -2.40. The largest absolute Gasteiger partial charge is 0.497 e. The Morgan fingerprint density at radius 3 is 2.09 bits per heavy atom. The maximum atomic E-state index is 12.3. The molecule has 0 atom stereocenters. The van der Waals surface area contributed by atoms with Crippen LogP contribution in [0.25, 0.3) is 0 Å². The van der Waals surface area contributed by atoms with Gasteiger partial charge in [-0.15, -0.1) is 0 Å². The van der Waals surface area contributed by atoms with Crippen LogP contribution in [0, 0.1) is 0 Å². The summed E-state index contributed by atoms with van der Waals surface area (Å²) in [5.74, 6) is 1.33. The lowest BCUT2D eigenvalue weighted by Crippen LogP contribution is -2.12. The molecule has 0 saturated carbocycles. The van der Waals surface area contributed by atoms with Crippen molar-refractivity contribution in [2.75, 3.05) is 26.6 Å². The van der Waals surface area contributed by atoms with Crippen molar-refractivity contribution in [2.24, 2.45) is 0 Å². The fourth-order valence-corrected chi connectivity index (χ4v) is 2.14. The molecule has 116 valence electrons. The minimum absolute atomic E-state index is 0.293. The summed E-state index contributed by atoms with van der Waals surface area (Å²) in [6.07, 6.45) is 0. The van der Waals surface area contributed by atoms with Crippen molar-refractivity contribution in [3.63, 3.8) is 0 Å². The minimum atomic E-state index is -0.293. The highest BCUT2D eigenvalue weighted by Gasteiger charge is 2.11. The van der Waals surface area contributed by atoms with Gasteiger partial charge in [0.1, 0.15) is 17.2 Å². The predicted octanol–water partition coefficient (Wildman–Crippen LogP) is 3.62. The molecular weight excluding hydrogens is 306 g/mol. The molecule has 2 aromatic carbocycles. The molecule has 2 rings (SSSR count). The SMILES string of the molecule is COc1cc(OC)cc(C(=O)Nc2ccc(OC)c(Cl)c2)c1. The molecule has 0 spiro atoms. The van der Waals surface area contributed by atoms with Crippen molar-refractivity contribution in [1.29, 1.82) is 0 Å². The van der Waals surface area contributed by atoms with Gasteiger partial charge in [0.25, 0.3) is 5.91 Å². The first-order valence-corrected chi connectivity index (χ1v) is 6.83. The number of hydrogen-bond donors (Lipinski definition) is 1. The number of halogens is 1. The zero-order chi connectivity index (χ0) is 16.1. The maximum absolute atomic E-state index is 12.3. The molecule has 0 bridgehead atoms. The molecule has 6 heteroatoms. The van der Waals surface area contributed by atoms with Gasteiger partial charge in [0.2, 0.25) is 0 Å². The van der Waals surface area contributed by atoms with E-state index in [2.05, 4.69) is 5.32 Å². The van der Waals surface area contributed by atoms with Crippen molar-refractivity contribution in [3.8, 4) is 17.2 Å². The minimum Gasteiger partial charge on any atom is -0.497 e. The molecule has 0 unspecified atom stereocenters. The lowest BCUT2D eigenvalue weighted by Gasteiger charge is -2.10. The van der Waals surface area contributed by atoms with Crippen LogP contribution in [-0.2, 0) is 0 Å². The van der Waals surface area contributed by atoms with Gasteiger partial charge in [-0.3, -0.25) is 4.79 Å². The van der Waals surface area contributed by atoms with Crippen LogP contribution >= 0.6 is 11.6 Å². The van der Waals surface area contributed by atoms with E-state index in [9.17, 15) is 4.79 Å². The molecule has 0 saturated heterocycles. The van der Waals surface area contributed by atoms with Crippen LogP contribution in [0.15, 0.2) is 36.4 Å². The van der Waals surface area contributed by atoms with E-state index < -0.39 is 0 Å². The van der Waals surface area contributed by atoms with Gasteiger partial charge in [0.05, 0.1) is 26.4 Å². The molecule has 0 radical (unpaired) electrons. The van der Waals surface area contributed by atoms with E-state index in [0.717, 1.165) is 0 Å². The van der Waals surface area contributed by atoms with Crippen LogP contribution in [-0.4, -0.2) is 27.2 Å². The van der Waals surface area contributed by atoms with Gasteiger partial charge in [-0.2, -0.15) is 0 Å². The first-order chi connectivity index (χ1) is 10.6. The topological polar surface area (TPSA) is 56.8 Å². The fraction of sp³-hybridized carbons (Fsp3) is 0.188. The second kappa shape index (κ2) is 7.04. The summed E-state index contributed by atoms with van der Waals surface area (Å²) in [4.78, 5) is 12.3. The molecule has 2 aromatic rings. The van der Waals surface area contributed by atoms with Crippen LogP contribution < -0.4 is 19.5 Å². The Morgan fingerprint density at radius 1 is 0.955 bits per heavy atom. The number of anilines is 1. The highest BCUT2D eigenvalue weighted by molar-refractivity contribution is 6.32. The normalized spacial score (nSPS) is 10.0. The third kappa shape index (κ3) is 3.62. The van der Waals surface area contributed by atoms with Crippen LogP contribution in [0.1, 0.15) is 10.4 Å². The van der Waals surface area contributed by atoms with Gasteiger partial charge >= 0.3 is 0 Å². The number of carbonyl (C=O) groups excluding carboxylic acids is 1. The van der Waals surface area contributed by atoms with Crippen molar-refractivity contribution in [2.45, 2.75) is 0 Å². The number of methoxy groups -OCH3 is 3. The molecule has 5 nitrogen and oxygen atoms in total. The number of carbonyl (C=O) groups is 1. The first-order valence-electron chi connectivity index (χ1n) is 6.45. The van der Waals surface area contributed by atoms with Crippen molar-refractivity contribution in [3.05, 3.63) is 47.0 Å². The molecule has 0 aromatic heterocycles. The van der Waals surface area contributed by atoms with E-state index in [1.54, 1.807) is 36.4 Å². The quantitative estimate of drug-likeness (QED) is 0.914. The van der Waals surface area contributed by atoms with Crippen molar-refractivity contribution in [1.82, 2.24) is 0 Å². The van der Waals surface area contributed by atoms with Crippen LogP contribution in [0.2, 0.25) is 5.02 Å². The number of benzene rings is 2. The Kier molecular flexibility index (Phi) is 5.12. The highest BCUT2D eigenvalue weighted by atomic mass is 35.5. The van der Waals surface area contributed by atoms with E-state index in [-0.39, 0.29) is 5.91 Å². The van der Waals surface area contributed by atoms with Gasteiger partial charge in [0.15, 0.2) is 0 Å². The summed E-state index contributed by atoms with van der Waals surface area (Å²) in [7, 11) is 4.58. The number of amides is 1. The fourth-order valence-electron chi connectivity index (χ4n) is 1.89. The Balaban J connectivity index is 2.23. The molecule has 0 heterocycles. The first kappa shape index (κ1) is 16.0. The highest BCUT2D eigenvalue weighted by Crippen LogP contribution is 2.28. The molecule has 0 aliphatic carbocycles. The van der Waals surface area contributed by atoms with E-state index >= 15 is 0 Å². The second-order valence-electron chi connectivity index (χ2n) is 4.40. The molecule has 0 aliphatic heterocycles. The average Bonchev–Trinajstić information content (AvgIpc) is 2.54. The summed E-state index contributed by atoms with van der Waals surface area (Å²) in [6.45, 7) is 0. The summed E-state index contributed by atoms with van der Waals surface area (Å²) in [6, 6.07) is 9.97. The monoisotopic (exact) mass is 321 g/mol. The standard InChI is InChI=1S/C16H16ClNO4/c1-20-12-6-10(7-13(9-12)21-2)16(19)18-11-4-5-15(22-3)14(17)8-11/h4-9H,1-3H3,(H,18,19). The van der Waals surface area contributed by atoms with Crippen molar-refractivity contribution >= 4 is 23.2 Å². The Labute approximate surface area is 133 Å². The summed E-state index contributed by atoms with van der Waals surface area (Å²) >= 11 is 6.04. The average molecular weight is 322 g/mol. The molecule has 0 fully saturated rings. The second-order valence-corrected chi connectivity index (χ2v) is 4.81. The zero-order valence-electron chi connectivity index (χ0n) is 12.5. The van der Waals surface area contributed by atoms with E-state index in [4.69, 9.17) is 25.8 Å². The maximum Gasteiger partial charge on any atom is 0.255 e. The molecule has 1 N–H and O–H groups in total. The van der Waals surface area contributed by atoms with Gasteiger partial charge in [0, 0.05) is 17.3 Å². The van der Waals surface area contributed by atoms with Gasteiger partial charge in [-0.05, 0) is 30.3 Å². The molecule has 0 aliphatic rings. The number of nitrogens with one attached hydrogen (secondary N) is 1.